The van der Waals surface area contributed by atoms with E-state index in [0.29, 0.717) is 0 Å². The van der Waals surface area contributed by atoms with Gasteiger partial charge in [-0.05, 0) is 30.5 Å². The third-order valence-electron chi connectivity index (χ3n) is 4.28. The maximum Gasteiger partial charge on any atom is 0.162 e. The summed E-state index contributed by atoms with van der Waals surface area (Å²) in [6, 6.07) is 14.6. The lowest BCUT2D eigenvalue weighted by Gasteiger charge is -2.24. The molecule has 0 unspecified atom stereocenters. The molecule has 0 spiro atoms. The zero-order valence-corrected chi connectivity index (χ0v) is 14.2. The second kappa shape index (κ2) is 7.30. The number of thiazole rings is 1. The Morgan fingerprint density at radius 1 is 1.21 bits per heavy atom. The first-order chi connectivity index (χ1) is 11.9. The van der Waals surface area contributed by atoms with Crippen LogP contribution in [0.1, 0.15) is 29.3 Å². The molecular formula is C19H20N2O2S. The third kappa shape index (κ3) is 3.43. The first-order valence-corrected chi connectivity index (χ1v) is 9.10. The number of ether oxygens (including phenoxy) is 1. The van der Waals surface area contributed by atoms with Crippen LogP contribution >= 0.6 is 11.3 Å². The van der Waals surface area contributed by atoms with Crippen LogP contribution in [-0.4, -0.2) is 17.7 Å². The van der Waals surface area contributed by atoms with Gasteiger partial charge in [0.05, 0.1) is 18.4 Å². The van der Waals surface area contributed by atoms with E-state index in [4.69, 9.17) is 9.15 Å². The minimum atomic E-state index is 0.211. The van der Waals surface area contributed by atoms with E-state index >= 15 is 0 Å². The summed E-state index contributed by atoms with van der Waals surface area (Å²) in [5.74, 6) is 0.824. The van der Waals surface area contributed by atoms with Gasteiger partial charge in [-0.15, -0.1) is 11.3 Å². The van der Waals surface area contributed by atoms with Crippen LogP contribution in [0.2, 0.25) is 0 Å². The van der Waals surface area contributed by atoms with Crippen LogP contribution in [0.4, 0.5) is 0 Å². The second-order valence-electron chi connectivity index (χ2n) is 5.93. The third-order valence-corrected chi connectivity index (χ3v) is 5.29. The number of rotatable bonds is 6. The smallest absolute Gasteiger partial charge is 0.162 e. The van der Waals surface area contributed by atoms with E-state index in [1.807, 2.05) is 18.3 Å². The molecule has 0 amide bonds. The van der Waals surface area contributed by atoms with Gasteiger partial charge in [0, 0.05) is 24.2 Å². The molecule has 124 valence electrons. The van der Waals surface area contributed by atoms with Crippen LogP contribution in [0.25, 0.3) is 10.8 Å². The number of nitrogens with zero attached hydrogens (tertiary/aromatic N) is 1. The summed E-state index contributed by atoms with van der Waals surface area (Å²) < 4.78 is 11.3. The van der Waals surface area contributed by atoms with Crippen LogP contribution in [0.3, 0.4) is 0 Å². The standard InChI is InChI=1S/C19H20N2O2S/c1-2-6-14(7-3-1)18(16-8-4-10-22-16)20-12-15-13-21-19(24-15)17-9-5-11-23-17/h1-3,5-7,9,11,13,16,18,20H,4,8,10,12H2/t16-,18-/m0/s1. The summed E-state index contributed by atoms with van der Waals surface area (Å²) in [6.07, 6.45) is 6.08. The van der Waals surface area contributed by atoms with E-state index in [-0.39, 0.29) is 12.1 Å². The lowest BCUT2D eigenvalue weighted by atomic mass is 9.99. The quantitative estimate of drug-likeness (QED) is 0.722. The Morgan fingerprint density at radius 3 is 2.88 bits per heavy atom. The van der Waals surface area contributed by atoms with Crippen molar-refractivity contribution in [3.8, 4) is 10.8 Å². The maximum absolute atomic E-state index is 5.93. The predicted molar refractivity (Wildman–Crippen MR) is 94.8 cm³/mol. The minimum Gasteiger partial charge on any atom is -0.462 e. The number of hydrogen-bond acceptors (Lipinski definition) is 5. The molecule has 1 aromatic carbocycles. The molecule has 2 atom stereocenters. The molecule has 24 heavy (non-hydrogen) atoms. The first kappa shape index (κ1) is 15.6. The molecule has 2 aromatic heterocycles. The molecule has 3 aromatic rings. The van der Waals surface area contributed by atoms with Crippen molar-refractivity contribution >= 4 is 11.3 Å². The molecule has 5 heteroatoms. The van der Waals surface area contributed by atoms with Crippen LogP contribution in [0.5, 0.6) is 0 Å². The maximum atomic E-state index is 5.93. The molecule has 1 saturated heterocycles. The van der Waals surface area contributed by atoms with Crippen molar-refractivity contribution in [2.75, 3.05) is 6.61 Å². The van der Waals surface area contributed by atoms with Crippen molar-refractivity contribution in [2.24, 2.45) is 0 Å². The highest BCUT2D eigenvalue weighted by atomic mass is 32.1. The van der Waals surface area contributed by atoms with Crippen molar-refractivity contribution in [1.82, 2.24) is 10.3 Å². The lowest BCUT2D eigenvalue weighted by molar-refractivity contribution is 0.0777. The van der Waals surface area contributed by atoms with Crippen LogP contribution in [-0.2, 0) is 11.3 Å². The van der Waals surface area contributed by atoms with Crippen molar-refractivity contribution in [3.05, 3.63) is 65.4 Å². The van der Waals surface area contributed by atoms with E-state index < -0.39 is 0 Å². The SMILES string of the molecule is c1ccc([C@H](NCc2cnc(-c3ccco3)s2)[C@@H]2CCCO2)cc1. The molecule has 1 fully saturated rings. The number of furan rings is 1. The van der Waals surface area contributed by atoms with Crippen molar-refractivity contribution < 1.29 is 9.15 Å². The Hall–Kier alpha value is -1.95. The van der Waals surface area contributed by atoms with E-state index in [0.717, 1.165) is 36.8 Å². The normalized spacial score (nSPS) is 18.8. The van der Waals surface area contributed by atoms with Gasteiger partial charge >= 0.3 is 0 Å². The van der Waals surface area contributed by atoms with Gasteiger partial charge in [0.1, 0.15) is 0 Å². The summed E-state index contributed by atoms with van der Waals surface area (Å²) >= 11 is 1.66. The van der Waals surface area contributed by atoms with E-state index in [2.05, 4.69) is 40.6 Å². The minimum absolute atomic E-state index is 0.211. The van der Waals surface area contributed by atoms with Gasteiger partial charge in [0.25, 0.3) is 0 Å². The zero-order chi connectivity index (χ0) is 16.2. The Labute approximate surface area is 145 Å². The zero-order valence-electron chi connectivity index (χ0n) is 13.4. The monoisotopic (exact) mass is 340 g/mol. The van der Waals surface area contributed by atoms with Gasteiger partial charge in [-0.2, -0.15) is 0 Å². The van der Waals surface area contributed by atoms with Crippen LogP contribution in [0, 0.1) is 0 Å². The Kier molecular flexibility index (Phi) is 4.74. The number of hydrogen-bond donors (Lipinski definition) is 1. The van der Waals surface area contributed by atoms with Gasteiger partial charge in [-0.25, -0.2) is 4.98 Å². The van der Waals surface area contributed by atoms with Gasteiger partial charge in [0.15, 0.2) is 10.8 Å². The van der Waals surface area contributed by atoms with E-state index in [1.54, 1.807) is 17.6 Å². The van der Waals surface area contributed by atoms with Crippen molar-refractivity contribution in [1.29, 1.82) is 0 Å². The summed E-state index contributed by atoms with van der Waals surface area (Å²) in [5, 5.41) is 4.59. The summed E-state index contributed by atoms with van der Waals surface area (Å²) in [5.41, 5.74) is 1.28. The fourth-order valence-corrected chi connectivity index (χ4v) is 3.94. The molecule has 3 heterocycles. The molecule has 0 radical (unpaired) electrons. The topological polar surface area (TPSA) is 47.3 Å². The average Bonchev–Trinajstić information content (AvgIpc) is 3.38. The van der Waals surface area contributed by atoms with Gasteiger partial charge < -0.3 is 14.5 Å². The Balaban J connectivity index is 1.47. The fourth-order valence-electron chi connectivity index (χ4n) is 3.10. The molecule has 0 saturated carbocycles. The Bertz CT molecular complexity index is 749. The van der Waals surface area contributed by atoms with E-state index in [9.17, 15) is 0 Å². The van der Waals surface area contributed by atoms with Crippen molar-refractivity contribution in [3.63, 3.8) is 0 Å². The molecule has 1 N–H and O–H groups in total. The molecule has 1 aliphatic rings. The summed E-state index contributed by atoms with van der Waals surface area (Å²) in [6.45, 7) is 1.64. The highest BCUT2D eigenvalue weighted by Gasteiger charge is 2.27. The van der Waals surface area contributed by atoms with Crippen LogP contribution in [0.15, 0.2) is 59.3 Å². The number of benzene rings is 1. The fraction of sp³-hybridized carbons (Fsp3) is 0.316. The highest BCUT2D eigenvalue weighted by molar-refractivity contribution is 7.14. The Morgan fingerprint density at radius 2 is 2.12 bits per heavy atom. The van der Waals surface area contributed by atoms with Gasteiger partial charge in [-0.1, -0.05) is 30.3 Å². The first-order valence-electron chi connectivity index (χ1n) is 8.28. The predicted octanol–water partition coefficient (Wildman–Crippen LogP) is 4.41. The van der Waals surface area contributed by atoms with E-state index in [1.165, 1.54) is 10.4 Å². The molecule has 1 aliphatic heterocycles. The molecule has 0 aliphatic carbocycles. The highest BCUT2D eigenvalue weighted by Crippen LogP contribution is 2.29. The molecule has 0 bridgehead atoms. The van der Waals surface area contributed by atoms with Gasteiger partial charge in [-0.3, -0.25) is 0 Å². The second-order valence-corrected chi connectivity index (χ2v) is 7.04. The molecule has 4 nitrogen and oxygen atoms in total. The number of aromatic nitrogens is 1. The van der Waals surface area contributed by atoms with Gasteiger partial charge in [0.2, 0.25) is 0 Å². The molecular weight excluding hydrogens is 320 g/mol. The largest absolute Gasteiger partial charge is 0.462 e. The summed E-state index contributed by atoms with van der Waals surface area (Å²) in [4.78, 5) is 5.66. The van der Waals surface area contributed by atoms with Crippen LogP contribution < -0.4 is 5.32 Å². The molecule has 4 rings (SSSR count). The average molecular weight is 340 g/mol. The number of nitrogens with one attached hydrogen (secondary N) is 1. The lowest BCUT2D eigenvalue weighted by Crippen LogP contribution is -2.31. The van der Waals surface area contributed by atoms with Crippen molar-refractivity contribution in [2.45, 2.75) is 31.5 Å². The summed E-state index contributed by atoms with van der Waals surface area (Å²) in [7, 11) is 0.